The summed E-state index contributed by atoms with van der Waals surface area (Å²) < 4.78 is 57.9. The minimum absolute atomic E-state index is 0.0696. The number of carbonyl (C=O) groups is 1. The number of amides is 2. The highest BCUT2D eigenvalue weighted by molar-refractivity contribution is 5.91. The van der Waals surface area contributed by atoms with Crippen LogP contribution < -0.4 is 20.1 Å². The normalized spacial score (nSPS) is 10.8. The predicted molar refractivity (Wildman–Crippen MR) is 87.9 cm³/mol. The van der Waals surface area contributed by atoms with Gasteiger partial charge in [0.2, 0.25) is 0 Å². The summed E-state index contributed by atoms with van der Waals surface area (Å²) in [5, 5.41) is 14.0. The predicted octanol–water partition coefficient (Wildman–Crippen LogP) is 3.70. The average Bonchev–Trinajstić information content (AvgIpc) is 2.61. The molecule has 0 bridgehead atoms. The topological polar surface area (TPSA) is 79.8 Å². The molecule has 2 aromatic rings. The van der Waals surface area contributed by atoms with Gasteiger partial charge in [-0.25, -0.2) is 4.79 Å². The van der Waals surface area contributed by atoms with Gasteiger partial charge in [0.15, 0.2) is 5.75 Å². The fraction of sp³-hybridized carbons (Fsp3) is 0.235. The molecule has 0 aliphatic carbocycles. The molecule has 0 radical (unpaired) electrons. The van der Waals surface area contributed by atoms with Crippen molar-refractivity contribution in [2.45, 2.75) is 26.4 Å². The summed E-state index contributed by atoms with van der Waals surface area (Å²) in [5.74, 6) is -0.933. The van der Waals surface area contributed by atoms with Gasteiger partial charge in [-0.1, -0.05) is 24.3 Å². The average molecular weight is 388 g/mol. The standard InChI is InChI=1S/C17H16F4N2O4/c18-15(19)26-12-5-6-13(14(7-12)27-16(20)21)23-17(25)22-8-10-3-1-2-4-11(10)9-24/h1-7,15-16,24H,8-9H2,(H2,22,23,25). The van der Waals surface area contributed by atoms with Gasteiger partial charge < -0.3 is 25.2 Å². The molecule has 2 amide bonds. The molecule has 0 unspecified atom stereocenters. The summed E-state index contributed by atoms with van der Waals surface area (Å²) in [5.41, 5.74) is 1.12. The first-order valence-electron chi connectivity index (χ1n) is 7.65. The van der Waals surface area contributed by atoms with E-state index in [0.29, 0.717) is 11.1 Å². The van der Waals surface area contributed by atoms with Gasteiger partial charge >= 0.3 is 19.3 Å². The van der Waals surface area contributed by atoms with Crippen molar-refractivity contribution in [3.05, 3.63) is 53.6 Å². The van der Waals surface area contributed by atoms with Gasteiger partial charge in [-0.15, -0.1) is 0 Å². The summed E-state index contributed by atoms with van der Waals surface area (Å²) >= 11 is 0. The van der Waals surface area contributed by atoms with E-state index in [1.807, 2.05) is 0 Å². The summed E-state index contributed by atoms with van der Waals surface area (Å²) in [6, 6.07) is 9.08. The lowest BCUT2D eigenvalue weighted by molar-refractivity contribution is -0.0539. The Morgan fingerprint density at radius 2 is 1.67 bits per heavy atom. The van der Waals surface area contributed by atoms with Crippen LogP contribution in [0.15, 0.2) is 42.5 Å². The second kappa shape index (κ2) is 9.62. The Labute approximate surface area is 151 Å². The lowest BCUT2D eigenvalue weighted by Gasteiger charge is -2.15. The highest BCUT2D eigenvalue weighted by atomic mass is 19.3. The summed E-state index contributed by atoms with van der Waals surface area (Å²) in [6.45, 7) is -6.51. The molecule has 0 heterocycles. The molecule has 0 saturated carbocycles. The van der Waals surface area contributed by atoms with E-state index in [9.17, 15) is 27.5 Å². The van der Waals surface area contributed by atoms with Crippen LogP contribution in [-0.4, -0.2) is 24.4 Å². The Kier molecular flexibility index (Phi) is 7.24. The van der Waals surface area contributed by atoms with Crippen molar-refractivity contribution in [2.75, 3.05) is 5.32 Å². The number of hydrogen-bond donors (Lipinski definition) is 3. The van der Waals surface area contributed by atoms with Crippen molar-refractivity contribution in [3.8, 4) is 11.5 Å². The molecule has 2 aromatic carbocycles. The van der Waals surface area contributed by atoms with Crippen LogP contribution >= 0.6 is 0 Å². The molecule has 0 aliphatic rings. The van der Waals surface area contributed by atoms with Crippen LogP contribution in [0.1, 0.15) is 11.1 Å². The van der Waals surface area contributed by atoms with E-state index in [1.54, 1.807) is 24.3 Å². The SMILES string of the molecule is O=C(NCc1ccccc1CO)Nc1ccc(OC(F)F)cc1OC(F)F. The first-order valence-corrected chi connectivity index (χ1v) is 7.65. The van der Waals surface area contributed by atoms with Crippen LogP contribution in [0.3, 0.4) is 0 Å². The fourth-order valence-electron chi connectivity index (χ4n) is 2.20. The number of alkyl halides is 4. The quantitative estimate of drug-likeness (QED) is 0.603. The van der Waals surface area contributed by atoms with Gasteiger partial charge in [-0.05, 0) is 23.3 Å². The first kappa shape index (κ1) is 20.3. The van der Waals surface area contributed by atoms with E-state index < -0.39 is 30.8 Å². The Morgan fingerprint density at radius 3 is 2.30 bits per heavy atom. The second-order valence-corrected chi connectivity index (χ2v) is 5.15. The molecular formula is C17H16F4N2O4. The van der Waals surface area contributed by atoms with Gasteiger partial charge in [0.05, 0.1) is 12.3 Å². The molecule has 6 nitrogen and oxygen atoms in total. The summed E-state index contributed by atoms with van der Waals surface area (Å²) in [6.07, 6.45) is 0. The van der Waals surface area contributed by atoms with Crippen LogP contribution in [0.4, 0.5) is 28.0 Å². The molecule has 10 heteroatoms. The van der Waals surface area contributed by atoms with E-state index in [-0.39, 0.29) is 18.8 Å². The third kappa shape index (κ3) is 6.33. The van der Waals surface area contributed by atoms with E-state index in [4.69, 9.17) is 0 Å². The Morgan fingerprint density at radius 1 is 1.00 bits per heavy atom. The molecule has 0 aliphatic heterocycles. The van der Waals surface area contributed by atoms with Crippen LogP contribution in [-0.2, 0) is 13.2 Å². The molecule has 146 valence electrons. The number of carbonyl (C=O) groups excluding carboxylic acids is 1. The number of urea groups is 1. The van der Waals surface area contributed by atoms with Gasteiger partial charge in [0.1, 0.15) is 5.75 Å². The Bertz CT molecular complexity index is 774. The zero-order chi connectivity index (χ0) is 19.8. The molecule has 27 heavy (non-hydrogen) atoms. The van der Waals surface area contributed by atoms with E-state index in [0.717, 1.165) is 18.2 Å². The lowest BCUT2D eigenvalue weighted by Crippen LogP contribution is -2.29. The number of anilines is 1. The lowest BCUT2D eigenvalue weighted by atomic mass is 10.1. The number of aliphatic hydroxyl groups excluding tert-OH is 1. The van der Waals surface area contributed by atoms with Crippen LogP contribution in [0.2, 0.25) is 0 Å². The summed E-state index contributed by atoms with van der Waals surface area (Å²) in [7, 11) is 0. The molecule has 2 rings (SSSR count). The van der Waals surface area contributed by atoms with Crippen molar-refractivity contribution >= 4 is 11.7 Å². The number of nitrogens with one attached hydrogen (secondary N) is 2. The number of hydrogen-bond acceptors (Lipinski definition) is 4. The minimum atomic E-state index is -3.23. The number of aliphatic hydroxyl groups is 1. The maximum atomic E-state index is 12.5. The Balaban J connectivity index is 2.07. The van der Waals surface area contributed by atoms with Crippen molar-refractivity contribution in [2.24, 2.45) is 0 Å². The maximum absolute atomic E-state index is 12.5. The van der Waals surface area contributed by atoms with E-state index >= 15 is 0 Å². The largest absolute Gasteiger partial charge is 0.435 e. The molecule has 0 spiro atoms. The van der Waals surface area contributed by atoms with Crippen molar-refractivity contribution in [3.63, 3.8) is 0 Å². The zero-order valence-corrected chi connectivity index (χ0v) is 13.8. The highest BCUT2D eigenvalue weighted by Crippen LogP contribution is 2.31. The molecule has 0 fully saturated rings. The molecule has 0 aromatic heterocycles. The smallest absolute Gasteiger partial charge is 0.387 e. The minimum Gasteiger partial charge on any atom is -0.435 e. The number of benzene rings is 2. The first-order chi connectivity index (χ1) is 12.9. The van der Waals surface area contributed by atoms with Crippen LogP contribution in [0.5, 0.6) is 11.5 Å². The number of ether oxygens (including phenoxy) is 2. The maximum Gasteiger partial charge on any atom is 0.387 e. The molecule has 0 atom stereocenters. The third-order valence-electron chi connectivity index (χ3n) is 3.37. The van der Waals surface area contributed by atoms with Gasteiger partial charge in [0, 0.05) is 12.6 Å². The van der Waals surface area contributed by atoms with Crippen molar-refractivity contribution in [1.29, 1.82) is 0 Å². The molecule has 0 saturated heterocycles. The Hall–Kier alpha value is -3.01. The number of rotatable bonds is 8. The summed E-state index contributed by atoms with van der Waals surface area (Å²) in [4.78, 5) is 12.0. The molecular weight excluding hydrogens is 372 g/mol. The van der Waals surface area contributed by atoms with Crippen molar-refractivity contribution in [1.82, 2.24) is 5.32 Å². The highest BCUT2D eigenvalue weighted by Gasteiger charge is 2.15. The van der Waals surface area contributed by atoms with Crippen molar-refractivity contribution < 1.29 is 36.9 Å². The molecule has 3 N–H and O–H groups in total. The van der Waals surface area contributed by atoms with E-state index in [2.05, 4.69) is 20.1 Å². The zero-order valence-electron chi connectivity index (χ0n) is 13.8. The van der Waals surface area contributed by atoms with Gasteiger partial charge in [-0.2, -0.15) is 17.6 Å². The fourth-order valence-corrected chi connectivity index (χ4v) is 2.20. The van der Waals surface area contributed by atoms with Gasteiger partial charge in [0.25, 0.3) is 0 Å². The van der Waals surface area contributed by atoms with Crippen LogP contribution in [0.25, 0.3) is 0 Å². The third-order valence-corrected chi connectivity index (χ3v) is 3.37. The second-order valence-electron chi connectivity index (χ2n) is 5.15. The number of halogens is 4. The monoisotopic (exact) mass is 388 g/mol. The van der Waals surface area contributed by atoms with Gasteiger partial charge in [-0.3, -0.25) is 0 Å². The van der Waals surface area contributed by atoms with Crippen LogP contribution in [0, 0.1) is 0 Å². The van der Waals surface area contributed by atoms with E-state index in [1.165, 1.54) is 0 Å².